The van der Waals surface area contributed by atoms with Gasteiger partial charge in [-0.3, -0.25) is 0 Å². The smallest absolute Gasteiger partial charge is 0.00389 e. The minimum atomic E-state index is 0.697. The molecule has 2 heteroatoms. The lowest BCUT2D eigenvalue weighted by atomic mass is 9.97. The van der Waals surface area contributed by atoms with Crippen molar-refractivity contribution >= 4 is 0 Å². The Bertz CT molecular complexity index is 151. The Labute approximate surface area is 95.2 Å². The summed E-state index contributed by atoms with van der Waals surface area (Å²) in [7, 11) is 0. The summed E-state index contributed by atoms with van der Waals surface area (Å²) in [5.74, 6) is 1.75. The second-order valence-electron chi connectivity index (χ2n) is 5.47. The Morgan fingerprint density at radius 3 is 2.40 bits per heavy atom. The molecule has 0 aliphatic carbocycles. The van der Waals surface area contributed by atoms with E-state index in [-0.39, 0.29) is 0 Å². The van der Waals surface area contributed by atoms with Crippen molar-refractivity contribution in [1.82, 2.24) is 10.6 Å². The number of nitrogens with one attached hydrogen (secondary N) is 2. The van der Waals surface area contributed by atoms with Crippen LogP contribution in [-0.4, -0.2) is 25.7 Å². The van der Waals surface area contributed by atoms with E-state index in [2.05, 4.69) is 31.4 Å². The summed E-state index contributed by atoms with van der Waals surface area (Å²) in [5.41, 5.74) is 0. The predicted molar refractivity (Wildman–Crippen MR) is 67.1 cm³/mol. The van der Waals surface area contributed by atoms with Crippen LogP contribution in [0.25, 0.3) is 0 Å². The van der Waals surface area contributed by atoms with Gasteiger partial charge < -0.3 is 10.6 Å². The lowest BCUT2D eigenvalue weighted by Crippen LogP contribution is -2.36. The first-order chi connectivity index (χ1) is 7.18. The van der Waals surface area contributed by atoms with Gasteiger partial charge in [0, 0.05) is 6.04 Å². The largest absolute Gasteiger partial charge is 0.317 e. The monoisotopic (exact) mass is 212 g/mol. The van der Waals surface area contributed by atoms with Gasteiger partial charge in [0.15, 0.2) is 0 Å². The zero-order chi connectivity index (χ0) is 11.1. The van der Waals surface area contributed by atoms with Gasteiger partial charge in [0.05, 0.1) is 0 Å². The van der Waals surface area contributed by atoms with Gasteiger partial charge in [0.2, 0.25) is 0 Å². The van der Waals surface area contributed by atoms with Crippen LogP contribution in [0.3, 0.4) is 0 Å². The average molecular weight is 212 g/mol. The van der Waals surface area contributed by atoms with Gasteiger partial charge in [-0.15, -0.1) is 0 Å². The Kier molecular flexibility index (Phi) is 6.26. The van der Waals surface area contributed by atoms with Gasteiger partial charge in [-0.05, 0) is 64.1 Å². The van der Waals surface area contributed by atoms with Crippen molar-refractivity contribution < 1.29 is 0 Å². The topological polar surface area (TPSA) is 24.1 Å². The molecular formula is C13H28N2. The molecule has 0 bridgehead atoms. The molecule has 0 amide bonds. The van der Waals surface area contributed by atoms with Crippen molar-refractivity contribution in [3.8, 4) is 0 Å². The fraction of sp³-hybridized carbons (Fsp3) is 1.00. The molecule has 1 fully saturated rings. The van der Waals surface area contributed by atoms with E-state index in [1.54, 1.807) is 0 Å². The zero-order valence-electron chi connectivity index (χ0n) is 10.7. The Hall–Kier alpha value is -0.0800. The van der Waals surface area contributed by atoms with E-state index >= 15 is 0 Å². The van der Waals surface area contributed by atoms with E-state index in [1.807, 2.05) is 0 Å². The van der Waals surface area contributed by atoms with E-state index in [0.29, 0.717) is 6.04 Å². The van der Waals surface area contributed by atoms with Crippen molar-refractivity contribution in [2.75, 3.05) is 19.6 Å². The van der Waals surface area contributed by atoms with Crippen molar-refractivity contribution in [2.24, 2.45) is 11.8 Å². The van der Waals surface area contributed by atoms with Crippen molar-refractivity contribution in [2.45, 2.75) is 52.5 Å². The second-order valence-corrected chi connectivity index (χ2v) is 5.47. The normalized spacial score (nSPS) is 20.8. The predicted octanol–water partition coefficient (Wildman–Crippen LogP) is 2.40. The molecule has 2 nitrogen and oxygen atoms in total. The van der Waals surface area contributed by atoms with Crippen LogP contribution in [0.2, 0.25) is 0 Å². The lowest BCUT2D eigenvalue weighted by Gasteiger charge is -2.25. The highest BCUT2D eigenvalue weighted by Crippen LogP contribution is 2.11. The molecular weight excluding hydrogens is 184 g/mol. The van der Waals surface area contributed by atoms with Crippen LogP contribution in [0.5, 0.6) is 0 Å². The van der Waals surface area contributed by atoms with Gasteiger partial charge in [-0.1, -0.05) is 13.8 Å². The summed E-state index contributed by atoms with van der Waals surface area (Å²) in [6.45, 7) is 10.6. The summed E-state index contributed by atoms with van der Waals surface area (Å²) >= 11 is 0. The zero-order valence-corrected chi connectivity index (χ0v) is 10.7. The summed E-state index contributed by atoms with van der Waals surface area (Å²) in [5, 5.41) is 7.09. The highest BCUT2D eigenvalue weighted by atomic mass is 14.9. The number of rotatable bonds is 6. The molecule has 1 atom stereocenters. The molecule has 1 saturated heterocycles. The highest BCUT2D eigenvalue weighted by molar-refractivity contribution is 4.72. The molecule has 0 saturated carbocycles. The molecule has 0 spiro atoms. The van der Waals surface area contributed by atoms with Crippen LogP contribution >= 0.6 is 0 Å². The van der Waals surface area contributed by atoms with Crippen molar-refractivity contribution in [3.63, 3.8) is 0 Å². The fourth-order valence-electron chi connectivity index (χ4n) is 2.14. The highest BCUT2D eigenvalue weighted by Gasteiger charge is 2.13. The van der Waals surface area contributed by atoms with E-state index in [1.165, 1.54) is 45.3 Å². The van der Waals surface area contributed by atoms with Crippen LogP contribution in [0, 0.1) is 11.8 Å². The maximum Gasteiger partial charge on any atom is 0.00389 e. The average Bonchev–Trinajstić information content (AvgIpc) is 2.25. The lowest BCUT2D eigenvalue weighted by molar-refractivity contribution is 0.334. The maximum absolute atomic E-state index is 3.68. The standard InChI is InChI=1S/C13H28N2/c1-11(2)4-5-12(3)15-10-13-6-8-14-9-7-13/h11-15H,4-10H2,1-3H3. The summed E-state index contributed by atoms with van der Waals surface area (Å²) in [4.78, 5) is 0. The van der Waals surface area contributed by atoms with E-state index in [4.69, 9.17) is 0 Å². The van der Waals surface area contributed by atoms with Gasteiger partial charge in [0.1, 0.15) is 0 Å². The Morgan fingerprint density at radius 2 is 1.80 bits per heavy atom. The summed E-state index contributed by atoms with van der Waals surface area (Å²) in [6.07, 6.45) is 5.37. The molecule has 2 N–H and O–H groups in total. The number of piperidine rings is 1. The van der Waals surface area contributed by atoms with Crippen LogP contribution < -0.4 is 10.6 Å². The Morgan fingerprint density at radius 1 is 1.13 bits per heavy atom. The van der Waals surface area contributed by atoms with Crippen LogP contribution in [0.4, 0.5) is 0 Å². The molecule has 1 unspecified atom stereocenters. The van der Waals surface area contributed by atoms with Crippen LogP contribution in [-0.2, 0) is 0 Å². The Balaban J connectivity index is 2.02. The van der Waals surface area contributed by atoms with Gasteiger partial charge in [-0.2, -0.15) is 0 Å². The van der Waals surface area contributed by atoms with Crippen LogP contribution in [0.1, 0.15) is 46.5 Å². The minimum absolute atomic E-state index is 0.697. The van der Waals surface area contributed by atoms with Gasteiger partial charge >= 0.3 is 0 Å². The van der Waals surface area contributed by atoms with Crippen molar-refractivity contribution in [3.05, 3.63) is 0 Å². The fourth-order valence-corrected chi connectivity index (χ4v) is 2.14. The summed E-state index contributed by atoms with van der Waals surface area (Å²) < 4.78 is 0. The number of hydrogen-bond acceptors (Lipinski definition) is 2. The quantitative estimate of drug-likeness (QED) is 0.706. The maximum atomic E-state index is 3.68. The molecule has 1 aliphatic rings. The number of hydrogen-bond donors (Lipinski definition) is 2. The van der Waals surface area contributed by atoms with Crippen LogP contribution in [0.15, 0.2) is 0 Å². The third kappa shape index (κ3) is 6.16. The van der Waals surface area contributed by atoms with E-state index in [0.717, 1.165) is 11.8 Å². The molecule has 1 heterocycles. The molecule has 0 aromatic rings. The SMILES string of the molecule is CC(C)CCC(C)NCC1CCNCC1. The summed E-state index contributed by atoms with van der Waals surface area (Å²) in [6, 6.07) is 0.697. The molecule has 0 radical (unpaired) electrons. The molecule has 1 rings (SSSR count). The molecule has 1 aliphatic heterocycles. The molecule has 0 aromatic heterocycles. The van der Waals surface area contributed by atoms with Gasteiger partial charge in [-0.25, -0.2) is 0 Å². The minimum Gasteiger partial charge on any atom is -0.317 e. The molecule has 15 heavy (non-hydrogen) atoms. The van der Waals surface area contributed by atoms with Crippen molar-refractivity contribution in [1.29, 1.82) is 0 Å². The van der Waals surface area contributed by atoms with E-state index in [9.17, 15) is 0 Å². The van der Waals surface area contributed by atoms with E-state index < -0.39 is 0 Å². The second kappa shape index (κ2) is 7.24. The van der Waals surface area contributed by atoms with Gasteiger partial charge in [0.25, 0.3) is 0 Å². The molecule has 90 valence electrons. The molecule has 0 aromatic carbocycles. The first kappa shape index (κ1) is 13.0. The third-order valence-electron chi connectivity index (χ3n) is 3.39. The first-order valence-corrected chi connectivity index (χ1v) is 6.62. The first-order valence-electron chi connectivity index (χ1n) is 6.62. The third-order valence-corrected chi connectivity index (χ3v) is 3.39.